The van der Waals surface area contributed by atoms with E-state index in [0.717, 1.165) is 25.1 Å². The molecule has 0 saturated heterocycles. The number of hydrogen-bond donors (Lipinski definition) is 1. The highest BCUT2D eigenvalue weighted by Gasteiger charge is 2.21. The first-order valence-corrected chi connectivity index (χ1v) is 8.95. The molecule has 0 spiro atoms. The van der Waals surface area contributed by atoms with Gasteiger partial charge < -0.3 is 10.1 Å². The van der Waals surface area contributed by atoms with E-state index in [2.05, 4.69) is 25.2 Å². The molecule has 1 heterocycles. The van der Waals surface area contributed by atoms with Gasteiger partial charge in [0.1, 0.15) is 0 Å². The summed E-state index contributed by atoms with van der Waals surface area (Å²) in [5.41, 5.74) is 1.40. The molecule has 2 fully saturated rings. The summed E-state index contributed by atoms with van der Waals surface area (Å²) in [7, 11) is 0. The highest BCUT2D eigenvalue weighted by Crippen LogP contribution is 2.28. The minimum atomic E-state index is 0.492. The molecule has 0 radical (unpaired) electrons. The van der Waals surface area contributed by atoms with Crippen LogP contribution in [0.3, 0.4) is 0 Å². The summed E-state index contributed by atoms with van der Waals surface area (Å²) >= 11 is 1.93. The van der Waals surface area contributed by atoms with Crippen molar-refractivity contribution in [3.8, 4) is 0 Å². The van der Waals surface area contributed by atoms with Crippen LogP contribution in [0.4, 0.5) is 0 Å². The van der Waals surface area contributed by atoms with Gasteiger partial charge in [-0.3, -0.25) is 0 Å². The van der Waals surface area contributed by atoms with Crippen LogP contribution in [0.25, 0.3) is 0 Å². The Balaban J connectivity index is 1.48. The van der Waals surface area contributed by atoms with E-state index in [1.54, 1.807) is 0 Å². The molecule has 3 heteroatoms. The predicted octanol–water partition coefficient (Wildman–Crippen LogP) is 4.40. The number of rotatable bonds is 6. The molecule has 1 aromatic rings. The molecule has 2 aliphatic carbocycles. The second-order valence-electron chi connectivity index (χ2n) is 6.65. The van der Waals surface area contributed by atoms with Gasteiger partial charge in [0.05, 0.1) is 12.7 Å². The van der Waals surface area contributed by atoms with Crippen molar-refractivity contribution < 1.29 is 4.74 Å². The molecule has 2 aliphatic rings. The SMILES string of the molecule is Cc1sc(CNC2CC2)cc1COC1CCCC(C)C1. The Bertz CT molecular complexity index is 438. The lowest BCUT2D eigenvalue weighted by molar-refractivity contribution is 0.00462. The molecule has 2 nitrogen and oxygen atoms in total. The third-order valence-electron chi connectivity index (χ3n) is 4.58. The minimum Gasteiger partial charge on any atom is -0.373 e. The van der Waals surface area contributed by atoms with Crippen LogP contribution in [0.15, 0.2) is 6.07 Å². The van der Waals surface area contributed by atoms with Gasteiger partial charge in [-0.05, 0) is 50.2 Å². The second-order valence-corrected chi connectivity index (χ2v) is 7.99. The first-order chi connectivity index (χ1) is 9.70. The summed E-state index contributed by atoms with van der Waals surface area (Å²) in [5.74, 6) is 0.843. The van der Waals surface area contributed by atoms with Crippen LogP contribution in [-0.2, 0) is 17.9 Å². The van der Waals surface area contributed by atoms with Gasteiger partial charge in [0.25, 0.3) is 0 Å². The lowest BCUT2D eigenvalue weighted by Crippen LogP contribution is -2.21. The van der Waals surface area contributed by atoms with Gasteiger partial charge in [0, 0.05) is 22.3 Å². The normalized spacial score (nSPS) is 26.9. The number of nitrogens with one attached hydrogen (secondary N) is 1. The fourth-order valence-corrected chi connectivity index (χ4v) is 4.09. The van der Waals surface area contributed by atoms with E-state index in [9.17, 15) is 0 Å². The first-order valence-electron chi connectivity index (χ1n) is 8.14. The number of aryl methyl sites for hydroxylation is 1. The zero-order valence-electron chi connectivity index (χ0n) is 12.8. The number of hydrogen-bond acceptors (Lipinski definition) is 3. The fourth-order valence-electron chi connectivity index (χ4n) is 3.09. The Morgan fingerprint density at radius 1 is 1.30 bits per heavy atom. The van der Waals surface area contributed by atoms with Gasteiger partial charge in [-0.2, -0.15) is 0 Å². The monoisotopic (exact) mass is 293 g/mol. The van der Waals surface area contributed by atoms with Crippen molar-refractivity contribution in [2.75, 3.05) is 0 Å². The topological polar surface area (TPSA) is 21.3 Å². The Hall–Kier alpha value is -0.380. The summed E-state index contributed by atoms with van der Waals surface area (Å²) in [6.45, 7) is 6.43. The van der Waals surface area contributed by atoms with Gasteiger partial charge in [0.15, 0.2) is 0 Å². The first kappa shape index (κ1) is 14.6. The van der Waals surface area contributed by atoms with E-state index >= 15 is 0 Å². The van der Waals surface area contributed by atoms with Crippen LogP contribution in [0.5, 0.6) is 0 Å². The molecule has 0 aliphatic heterocycles. The maximum absolute atomic E-state index is 6.16. The van der Waals surface area contributed by atoms with Gasteiger partial charge >= 0.3 is 0 Å². The predicted molar refractivity (Wildman–Crippen MR) is 85.1 cm³/mol. The van der Waals surface area contributed by atoms with Crippen LogP contribution in [0.2, 0.25) is 0 Å². The Kier molecular flexibility index (Phi) is 4.79. The van der Waals surface area contributed by atoms with Crippen LogP contribution in [0, 0.1) is 12.8 Å². The summed E-state index contributed by atoms with van der Waals surface area (Å²) in [6.07, 6.45) is 8.44. The zero-order chi connectivity index (χ0) is 13.9. The van der Waals surface area contributed by atoms with Crippen molar-refractivity contribution in [2.45, 2.75) is 77.7 Å². The van der Waals surface area contributed by atoms with Crippen molar-refractivity contribution in [2.24, 2.45) is 5.92 Å². The molecule has 1 aromatic heterocycles. The van der Waals surface area contributed by atoms with Gasteiger partial charge in [0.2, 0.25) is 0 Å². The molecule has 3 rings (SSSR count). The van der Waals surface area contributed by atoms with Gasteiger partial charge in [-0.15, -0.1) is 11.3 Å². The van der Waals surface area contributed by atoms with E-state index in [1.165, 1.54) is 53.8 Å². The van der Waals surface area contributed by atoms with E-state index < -0.39 is 0 Å². The van der Waals surface area contributed by atoms with Crippen LogP contribution < -0.4 is 5.32 Å². The van der Waals surface area contributed by atoms with Crippen molar-refractivity contribution in [1.82, 2.24) is 5.32 Å². The average molecular weight is 293 g/mol. The highest BCUT2D eigenvalue weighted by molar-refractivity contribution is 7.12. The zero-order valence-corrected chi connectivity index (χ0v) is 13.6. The van der Waals surface area contributed by atoms with Crippen molar-refractivity contribution in [3.05, 3.63) is 21.4 Å². The third-order valence-corrected chi connectivity index (χ3v) is 5.67. The molecule has 2 saturated carbocycles. The average Bonchev–Trinajstić information content (AvgIpc) is 3.18. The molecular formula is C17H27NOS. The fraction of sp³-hybridized carbons (Fsp3) is 0.765. The second kappa shape index (κ2) is 6.59. The van der Waals surface area contributed by atoms with Crippen LogP contribution >= 0.6 is 11.3 Å². The largest absolute Gasteiger partial charge is 0.373 e. The number of ether oxygens (including phenoxy) is 1. The summed E-state index contributed by atoms with van der Waals surface area (Å²) in [5, 5.41) is 3.59. The molecule has 2 atom stereocenters. The Morgan fingerprint density at radius 2 is 2.15 bits per heavy atom. The molecule has 0 bridgehead atoms. The quantitative estimate of drug-likeness (QED) is 0.839. The highest BCUT2D eigenvalue weighted by atomic mass is 32.1. The lowest BCUT2D eigenvalue weighted by Gasteiger charge is -2.26. The van der Waals surface area contributed by atoms with Crippen molar-refractivity contribution in [3.63, 3.8) is 0 Å². The molecule has 112 valence electrons. The van der Waals surface area contributed by atoms with Crippen molar-refractivity contribution in [1.29, 1.82) is 0 Å². The number of thiophene rings is 1. The standard InChI is InChI=1S/C17H27NOS/c1-12-4-3-5-16(8-12)19-11-14-9-17(20-13(14)2)10-18-15-6-7-15/h9,12,15-16,18H,3-8,10-11H2,1-2H3. The Labute approximate surface area is 126 Å². The molecule has 20 heavy (non-hydrogen) atoms. The molecular weight excluding hydrogens is 266 g/mol. The van der Waals surface area contributed by atoms with Gasteiger partial charge in [-0.1, -0.05) is 19.8 Å². The lowest BCUT2D eigenvalue weighted by atomic mass is 9.89. The van der Waals surface area contributed by atoms with E-state index in [4.69, 9.17) is 4.74 Å². The molecule has 0 amide bonds. The van der Waals surface area contributed by atoms with Crippen LogP contribution in [0.1, 0.15) is 60.8 Å². The molecule has 0 aromatic carbocycles. The minimum absolute atomic E-state index is 0.492. The van der Waals surface area contributed by atoms with E-state index in [-0.39, 0.29) is 0 Å². The summed E-state index contributed by atoms with van der Waals surface area (Å²) < 4.78 is 6.16. The van der Waals surface area contributed by atoms with E-state index in [1.807, 2.05) is 11.3 Å². The molecule has 2 unspecified atom stereocenters. The molecule has 1 N–H and O–H groups in total. The Morgan fingerprint density at radius 3 is 2.90 bits per heavy atom. The maximum Gasteiger partial charge on any atom is 0.0731 e. The van der Waals surface area contributed by atoms with Crippen LogP contribution in [-0.4, -0.2) is 12.1 Å². The van der Waals surface area contributed by atoms with Crippen molar-refractivity contribution >= 4 is 11.3 Å². The van der Waals surface area contributed by atoms with E-state index in [0.29, 0.717) is 6.10 Å². The summed E-state index contributed by atoms with van der Waals surface area (Å²) in [4.78, 5) is 2.89. The maximum atomic E-state index is 6.16. The smallest absolute Gasteiger partial charge is 0.0731 e. The third kappa shape index (κ3) is 4.06. The summed E-state index contributed by atoms with van der Waals surface area (Å²) in [6, 6.07) is 3.14. The van der Waals surface area contributed by atoms with Gasteiger partial charge in [-0.25, -0.2) is 0 Å².